The van der Waals surface area contributed by atoms with Crippen molar-refractivity contribution in [2.45, 2.75) is 39.0 Å². The summed E-state index contributed by atoms with van der Waals surface area (Å²) in [4.78, 5) is 0. The molecule has 5 heteroatoms. The number of halogens is 3. The molecule has 1 aliphatic carbocycles. The minimum atomic E-state index is -4.44. The normalized spacial score (nSPS) is 15.7. The molecule has 2 nitrogen and oxygen atoms in total. The summed E-state index contributed by atoms with van der Waals surface area (Å²) in [6.07, 6.45) is -2.62. The quantitative estimate of drug-likeness (QED) is 0.797. The molecule has 0 spiro atoms. The third-order valence-corrected chi connectivity index (χ3v) is 2.81. The van der Waals surface area contributed by atoms with Gasteiger partial charge >= 0.3 is 6.18 Å². The third-order valence-electron chi connectivity index (χ3n) is 2.81. The van der Waals surface area contributed by atoms with Crippen LogP contribution in [0.4, 0.5) is 13.2 Å². The van der Waals surface area contributed by atoms with Crippen molar-refractivity contribution in [2.24, 2.45) is 5.92 Å². The Hall–Kier alpha value is -1.39. The maximum atomic E-state index is 13.0. The smallest absolute Gasteiger partial charge is 0.420 e. The fourth-order valence-corrected chi connectivity index (χ4v) is 1.70. The maximum Gasteiger partial charge on any atom is 0.420 e. The molecule has 0 atom stereocenters. The zero-order valence-electron chi connectivity index (χ0n) is 11.0. The molecule has 0 radical (unpaired) electrons. The van der Waals surface area contributed by atoms with Gasteiger partial charge < -0.3 is 9.47 Å². The molecule has 19 heavy (non-hydrogen) atoms. The number of alkyl halides is 3. The summed E-state index contributed by atoms with van der Waals surface area (Å²) in [6.45, 7) is 3.84. The molecule has 0 saturated heterocycles. The van der Waals surface area contributed by atoms with Crippen LogP contribution in [0.15, 0.2) is 18.2 Å². The summed E-state index contributed by atoms with van der Waals surface area (Å²) >= 11 is 0. The summed E-state index contributed by atoms with van der Waals surface area (Å²) in [5.41, 5.74) is -0.783. The molecule has 0 aromatic heterocycles. The second-order valence-corrected chi connectivity index (χ2v) is 5.05. The van der Waals surface area contributed by atoms with E-state index in [1.54, 1.807) is 13.8 Å². The van der Waals surface area contributed by atoms with Crippen molar-refractivity contribution in [2.75, 3.05) is 6.61 Å². The minimum Gasteiger partial charge on any atom is -0.489 e. The standard InChI is InChI=1S/C14H17F3O2/c1-9(2)19-13-11(14(15,16)17)4-3-5-12(13)18-8-10-6-7-10/h3-5,9-10H,6-8H2,1-2H3. The first kappa shape index (κ1) is 14.0. The average Bonchev–Trinajstić information content (AvgIpc) is 3.09. The van der Waals surface area contributed by atoms with Gasteiger partial charge in [0.2, 0.25) is 0 Å². The molecule has 1 aromatic carbocycles. The van der Waals surface area contributed by atoms with E-state index in [9.17, 15) is 13.2 Å². The number of hydrogen-bond acceptors (Lipinski definition) is 2. The van der Waals surface area contributed by atoms with E-state index in [1.165, 1.54) is 12.1 Å². The van der Waals surface area contributed by atoms with Gasteiger partial charge in [0.1, 0.15) is 5.56 Å². The second kappa shape index (κ2) is 5.31. The van der Waals surface area contributed by atoms with Crippen LogP contribution in [0.5, 0.6) is 11.5 Å². The Kier molecular flexibility index (Phi) is 3.92. The minimum absolute atomic E-state index is 0.176. The van der Waals surface area contributed by atoms with Crippen LogP contribution in [0.1, 0.15) is 32.3 Å². The van der Waals surface area contributed by atoms with Gasteiger partial charge in [-0.1, -0.05) is 6.07 Å². The van der Waals surface area contributed by atoms with Crippen LogP contribution in [0.3, 0.4) is 0 Å². The maximum absolute atomic E-state index is 13.0. The molecule has 1 aromatic rings. The van der Waals surface area contributed by atoms with Gasteiger partial charge in [0.25, 0.3) is 0 Å². The Balaban J connectivity index is 2.28. The van der Waals surface area contributed by atoms with Crippen molar-refractivity contribution in [3.8, 4) is 11.5 Å². The Morgan fingerprint density at radius 2 is 1.95 bits per heavy atom. The number of rotatable bonds is 5. The summed E-state index contributed by atoms with van der Waals surface area (Å²) in [7, 11) is 0. The molecule has 106 valence electrons. The zero-order valence-corrected chi connectivity index (χ0v) is 11.0. The van der Waals surface area contributed by atoms with E-state index >= 15 is 0 Å². The Labute approximate surface area is 110 Å². The Morgan fingerprint density at radius 3 is 2.47 bits per heavy atom. The molecule has 1 fully saturated rings. The van der Waals surface area contributed by atoms with Gasteiger partial charge in [-0.15, -0.1) is 0 Å². The van der Waals surface area contributed by atoms with E-state index in [0.29, 0.717) is 12.5 Å². The van der Waals surface area contributed by atoms with Crippen molar-refractivity contribution in [1.82, 2.24) is 0 Å². The lowest BCUT2D eigenvalue weighted by molar-refractivity contribution is -0.139. The molecular weight excluding hydrogens is 257 g/mol. The van der Waals surface area contributed by atoms with Crippen molar-refractivity contribution in [3.63, 3.8) is 0 Å². The van der Waals surface area contributed by atoms with Crippen molar-refractivity contribution in [1.29, 1.82) is 0 Å². The van der Waals surface area contributed by atoms with Crippen molar-refractivity contribution < 1.29 is 22.6 Å². The highest BCUT2D eigenvalue weighted by Crippen LogP contribution is 2.42. The van der Waals surface area contributed by atoms with E-state index < -0.39 is 11.7 Å². The van der Waals surface area contributed by atoms with Crippen molar-refractivity contribution in [3.05, 3.63) is 23.8 Å². The summed E-state index contributed by atoms with van der Waals surface area (Å²) in [6, 6.07) is 3.88. The predicted octanol–water partition coefficient (Wildman–Crippen LogP) is 4.28. The second-order valence-electron chi connectivity index (χ2n) is 5.05. The molecule has 0 bridgehead atoms. The fraction of sp³-hybridized carbons (Fsp3) is 0.571. The monoisotopic (exact) mass is 274 g/mol. The zero-order chi connectivity index (χ0) is 14.0. The van der Waals surface area contributed by atoms with E-state index in [0.717, 1.165) is 18.9 Å². The molecule has 0 amide bonds. The molecule has 0 unspecified atom stereocenters. The van der Waals surface area contributed by atoms with Gasteiger partial charge in [-0.2, -0.15) is 13.2 Å². The van der Waals surface area contributed by atoms with Crippen LogP contribution in [0.2, 0.25) is 0 Å². The predicted molar refractivity (Wildman–Crippen MR) is 65.4 cm³/mol. The molecule has 0 N–H and O–H groups in total. The molecule has 1 saturated carbocycles. The molecule has 2 rings (SSSR count). The third kappa shape index (κ3) is 3.78. The van der Waals surface area contributed by atoms with Crippen LogP contribution in [-0.4, -0.2) is 12.7 Å². The summed E-state index contributed by atoms with van der Waals surface area (Å²) in [5.74, 6) is 0.447. The topological polar surface area (TPSA) is 18.5 Å². The van der Waals surface area contributed by atoms with E-state index in [-0.39, 0.29) is 17.6 Å². The first-order valence-corrected chi connectivity index (χ1v) is 6.37. The van der Waals surface area contributed by atoms with E-state index in [2.05, 4.69) is 0 Å². The highest BCUT2D eigenvalue weighted by Gasteiger charge is 2.36. The lowest BCUT2D eigenvalue weighted by Crippen LogP contribution is -2.14. The largest absolute Gasteiger partial charge is 0.489 e. The van der Waals surface area contributed by atoms with Gasteiger partial charge in [0.05, 0.1) is 12.7 Å². The first-order chi connectivity index (χ1) is 8.88. The average molecular weight is 274 g/mol. The van der Waals surface area contributed by atoms with Crippen LogP contribution in [0, 0.1) is 5.92 Å². The lowest BCUT2D eigenvalue weighted by atomic mass is 10.1. The first-order valence-electron chi connectivity index (χ1n) is 6.37. The van der Waals surface area contributed by atoms with Gasteiger partial charge in [-0.3, -0.25) is 0 Å². The highest BCUT2D eigenvalue weighted by atomic mass is 19.4. The van der Waals surface area contributed by atoms with Crippen LogP contribution < -0.4 is 9.47 Å². The van der Waals surface area contributed by atoms with Crippen LogP contribution in [0.25, 0.3) is 0 Å². The lowest BCUT2D eigenvalue weighted by Gasteiger charge is -2.19. The molecule has 0 heterocycles. The van der Waals surface area contributed by atoms with E-state index in [1.807, 2.05) is 0 Å². The van der Waals surface area contributed by atoms with Crippen LogP contribution in [-0.2, 0) is 6.18 Å². The fourth-order valence-electron chi connectivity index (χ4n) is 1.70. The van der Waals surface area contributed by atoms with Gasteiger partial charge in [-0.05, 0) is 44.7 Å². The SMILES string of the molecule is CC(C)Oc1c(OCC2CC2)cccc1C(F)(F)F. The van der Waals surface area contributed by atoms with Crippen molar-refractivity contribution >= 4 is 0 Å². The number of para-hydroxylation sites is 1. The molecule has 1 aliphatic rings. The highest BCUT2D eigenvalue weighted by molar-refractivity contribution is 5.48. The van der Waals surface area contributed by atoms with Gasteiger partial charge in [-0.25, -0.2) is 0 Å². The van der Waals surface area contributed by atoms with Gasteiger partial charge in [0, 0.05) is 0 Å². The number of hydrogen-bond donors (Lipinski definition) is 0. The Bertz CT molecular complexity index is 437. The molecule has 0 aliphatic heterocycles. The van der Waals surface area contributed by atoms with Crippen LogP contribution >= 0.6 is 0 Å². The van der Waals surface area contributed by atoms with E-state index in [4.69, 9.17) is 9.47 Å². The number of benzene rings is 1. The Morgan fingerprint density at radius 1 is 1.26 bits per heavy atom. The summed E-state index contributed by atoms with van der Waals surface area (Å²) in [5, 5.41) is 0. The number of ether oxygens (including phenoxy) is 2. The summed E-state index contributed by atoms with van der Waals surface area (Å²) < 4.78 is 49.6. The van der Waals surface area contributed by atoms with Gasteiger partial charge in [0.15, 0.2) is 11.5 Å². The molecular formula is C14H17F3O2.